The first-order valence-corrected chi connectivity index (χ1v) is 10.4. The molecule has 0 aliphatic carbocycles. The smallest absolute Gasteiger partial charge is 0.311 e. The molecule has 1 heterocycles. The van der Waals surface area contributed by atoms with Crippen molar-refractivity contribution in [3.8, 4) is 17.0 Å². The highest BCUT2D eigenvalue weighted by molar-refractivity contribution is 7.86. The maximum atomic E-state index is 13.7. The number of anilines is 1. The number of phenols is 1. The summed E-state index contributed by atoms with van der Waals surface area (Å²) in [6.45, 7) is 0. The molecule has 0 aliphatic rings. The van der Waals surface area contributed by atoms with E-state index in [1.807, 2.05) is 0 Å². The summed E-state index contributed by atoms with van der Waals surface area (Å²) < 4.78 is 93.3. The summed E-state index contributed by atoms with van der Waals surface area (Å²) >= 11 is 5.69. The number of aromatic hydroxyl groups is 1. The molecule has 1 aromatic heterocycles. The average Bonchev–Trinajstić information content (AvgIpc) is 2.58. The number of phenolic OH excluding ortho intramolecular Hbond substituents is 1. The lowest BCUT2D eigenvalue weighted by molar-refractivity contribution is 0.473. The number of aromatic nitrogens is 2. The summed E-state index contributed by atoms with van der Waals surface area (Å²) in [5, 5.41) is 7.88. The monoisotopic (exact) mass is 467 g/mol. The van der Waals surface area contributed by atoms with Gasteiger partial charge >= 0.3 is 6.08 Å². The first-order valence-electron chi connectivity index (χ1n) is 7.15. The Labute approximate surface area is 166 Å². The number of halogens is 3. The van der Waals surface area contributed by atoms with Crippen LogP contribution >= 0.6 is 11.6 Å². The molecule has 5 N–H and O–H groups in total. The van der Waals surface area contributed by atoms with Crippen LogP contribution in [0, 0.1) is 12.0 Å². The third-order valence-corrected chi connectivity index (χ3v) is 5.88. The maximum absolute atomic E-state index is 13.7. The van der Waals surface area contributed by atoms with Crippen molar-refractivity contribution >= 4 is 48.3 Å². The maximum Gasteiger partial charge on any atom is 0.311 e. The number of nitrogens with two attached hydrogens (primary N) is 1. The molecule has 0 aliphatic heterocycles. The molecule has 0 unspecified atom stereocenters. The third kappa shape index (κ3) is 3.67. The van der Waals surface area contributed by atoms with Crippen LogP contribution in [0.2, 0.25) is 5.02 Å². The van der Waals surface area contributed by atoms with Crippen LogP contribution in [-0.4, -0.2) is 41.0 Å². The summed E-state index contributed by atoms with van der Waals surface area (Å²) in [6.07, 6.45) is -1.58. The van der Waals surface area contributed by atoms with Gasteiger partial charge in [0.05, 0.1) is 11.4 Å². The second-order valence-electron chi connectivity index (χ2n) is 5.61. The minimum atomic E-state index is -5.16. The van der Waals surface area contributed by atoms with E-state index < -0.39 is 80.5 Å². The van der Waals surface area contributed by atoms with Gasteiger partial charge in [-0.2, -0.15) is 30.6 Å². The second kappa shape index (κ2) is 6.70. The van der Waals surface area contributed by atoms with Crippen LogP contribution in [0.25, 0.3) is 22.0 Å². The summed E-state index contributed by atoms with van der Waals surface area (Å²) in [5.41, 5.74) is 3.65. The van der Waals surface area contributed by atoms with Crippen LogP contribution in [0.3, 0.4) is 0 Å². The molecular weight excluding hydrogens is 460 g/mol. The molecule has 154 valence electrons. The van der Waals surface area contributed by atoms with Gasteiger partial charge in [0.2, 0.25) is 5.95 Å². The number of rotatable bonds is 3. The second-order valence-corrected chi connectivity index (χ2v) is 8.76. The van der Waals surface area contributed by atoms with Crippen LogP contribution in [0.5, 0.6) is 5.75 Å². The largest absolute Gasteiger partial charge is 0.505 e. The summed E-state index contributed by atoms with van der Waals surface area (Å²) in [7, 11) is -10.2. The first-order chi connectivity index (χ1) is 13.2. The van der Waals surface area contributed by atoms with Gasteiger partial charge in [-0.15, -0.1) is 0 Å². The molecule has 0 radical (unpaired) electrons. The van der Waals surface area contributed by atoms with Gasteiger partial charge in [-0.3, -0.25) is 9.11 Å². The molecule has 10 nitrogen and oxygen atoms in total. The lowest BCUT2D eigenvalue weighted by Gasteiger charge is -2.14. The molecule has 3 aromatic rings. The minimum Gasteiger partial charge on any atom is -0.505 e. The number of nitrogen functional groups attached to an aromatic ring is 1. The van der Waals surface area contributed by atoms with Crippen molar-refractivity contribution in [2.75, 3.05) is 5.73 Å². The SMILES string of the molecule is Nc1cc(S(=O)(=O)O)c2cc(-c3nc(F)nc(F)c3Cl)cc(S(=O)(=O)O)c2c1O. The molecule has 29 heavy (non-hydrogen) atoms. The summed E-state index contributed by atoms with van der Waals surface area (Å²) in [4.78, 5) is 3.93. The Morgan fingerprint density at radius 1 is 0.966 bits per heavy atom. The highest BCUT2D eigenvalue weighted by Crippen LogP contribution is 2.42. The lowest BCUT2D eigenvalue weighted by atomic mass is 10.0. The third-order valence-electron chi connectivity index (χ3n) is 3.78. The fourth-order valence-corrected chi connectivity index (χ4v) is 4.27. The van der Waals surface area contributed by atoms with Gasteiger partial charge < -0.3 is 10.8 Å². The Bertz CT molecular complexity index is 1410. The molecule has 3 rings (SSSR count). The predicted octanol–water partition coefficient (Wildman–Crippen LogP) is 2.01. The van der Waals surface area contributed by atoms with Crippen LogP contribution in [0.1, 0.15) is 0 Å². The van der Waals surface area contributed by atoms with E-state index in [1.54, 1.807) is 0 Å². The van der Waals surface area contributed by atoms with E-state index in [4.69, 9.17) is 17.3 Å². The minimum absolute atomic E-state index is 0.482. The van der Waals surface area contributed by atoms with E-state index in [-0.39, 0.29) is 0 Å². The highest BCUT2D eigenvalue weighted by atomic mass is 35.5. The fraction of sp³-hybridized carbons (Fsp3) is 0. The number of hydrogen-bond acceptors (Lipinski definition) is 8. The van der Waals surface area contributed by atoms with Crippen LogP contribution in [0.4, 0.5) is 14.5 Å². The predicted molar refractivity (Wildman–Crippen MR) is 95.6 cm³/mol. The lowest BCUT2D eigenvalue weighted by Crippen LogP contribution is -2.06. The van der Waals surface area contributed by atoms with Crippen LogP contribution in [-0.2, 0) is 20.2 Å². The van der Waals surface area contributed by atoms with Crippen molar-refractivity contribution in [2.24, 2.45) is 0 Å². The van der Waals surface area contributed by atoms with E-state index in [9.17, 15) is 39.8 Å². The number of benzene rings is 2. The highest BCUT2D eigenvalue weighted by Gasteiger charge is 2.27. The number of hydrogen-bond donors (Lipinski definition) is 4. The molecular formula is C14H8ClF2N3O7S2. The topological polar surface area (TPSA) is 181 Å². The van der Waals surface area contributed by atoms with Gasteiger partial charge in [0, 0.05) is 16.3 Å². The van der Waals surface area contributed by atoms with Gasteiger partial charge in [0.15, 0.2) is 0 Å². The zero-order chi connectivity index (χ0) is 21.9. The average molecular weight is 468 g/mol. The molecule has 0 atom stereocenters. The standard InChI is InChI=1S/C14H8ClF2N3O7S2/c15-10-11(19-14(17)20-13(10)16)4-1-5-7(28(22,23)24)3-6(18)12(21)9(5)8(2-4)29(25,26)27/h1-3,21H,18H2,(H,22,23,24)(H,25,26,27). The Morgan fingerprint density at radius 2 is 1.55 bits per heavy atom. The van der Waals surface area contributed by atoms with Crippen molar-refractivity contribution in [3.63, 3.8) is 0 Å². The number of fused-ring (bicyclic) bond motifs is 1. The molecule has 0 bridgehead atoms. The van der Waals surface area contributed by atoms with Gasteiger partial charge in [-0.25, -0.2) is 4.98 Å². The Morgan fingerprint density at radius 3 is 2.10 bits per heavy atom. The molecule has 0 spiro atoms. The molecule has 0 fully saturated rings. The van der Waals surface area contributed by atoms with E-state index in [0.717, 1.165) is 6.07 Å². The van der Waals surface area contributed by atoms with E-state index in [1.165, 1.54) is 0 Å². The van der Waals surface area contributed by atoms with Crippen LogP contribution < -0.4 is 5.73 Å². The number of nitrogens with zero attached hydrogens (tertiary/aromatic N) is 2. The van der Waals surface area contributed by atoms with E-state index in [0.29, 0.717) is 12.1 Å². The quantitative estimate of drug-likeness (QED) is 0.146. The van der Waals surface area contributed by atoms with Crippen molar-refractivity contribution in [2.45, 2.75) is 9.79 Å². The first kappa shape index (κ1) is 21.1. The molecule has 2 aromatic carbocycles. The fourth-order valence-electron chi connectivity index (χ4n) is 2.62. The summed E-state index contributed by atoms with van der Waals surface area (Å²) in [6, 6.07) is 2.06. The van der Waals surface area contributed by atoms with E-state index >= 15 is 0 Å². The molecule has 0 amide bonds. The molecule has 0 saturated heterocycles. The van der Waals surface area contributed by atoms with Crippen molar-refractivity contribution < 1.29 is 39.8 Å². The van der Waals surface area contributed by atoms with Crippen molar-refractivity contribution in [1.82, 2.24) is 9.97 Å². The molecule has 15 heteroatoms. The van der Waals surface area contributed by atoms with Crippen LogP contribution in [0.15, 0.2) is 28.0 Å². The van der Waals surface area contributed by atoms with E-state index in [2.05, 4.69) is 9.97 Å². The Balaban J connectivity index is 2.63. The summed E-state index contributed by atoms with van der Waals surface area (Å²) in [5.74, 6) is -2.43. The Hall–Kier alpha value is -2.65. The van der Waals surface area contributed by atoms with Crippen molar-refractivity contribution in [1.29, 1.82) is 0 Å². The zero-order valence-electron chi connectivity index (χ0n) is 13.6. The Kier molecular flexibility index (Phi) is 4.87. The normalized spacial score (nSPS) is 12.4. The van der Waals surface area contributed by atoms with Gasteiger partial charge in [-0.1, -0.05) is 11.6 Å². The van der Waals surface area contributed by atoms with Gasteiger partial charge in [-0.05, 0) is 18.2 Å². The van der Waals surface area contributed by atoms with Crippen molar-refractivity contribution in [3.05, 3.63) is 35.2 Å². The van der Waals surface area contributed by atoms with Gasteiger partial charge in [0.25, 0.3) is 20.2 Å². The van der Waals surface area contributed by atoms with Gasteiger partial charge in [0.1, 0.15) is 20.6 Å². The molecule has 0 saturated carbocycles. The zero-order valence-corrected chi connectivity index (χ0v) is 16.0.